The SMILES string of the molecule is [Cl][V](=[N]c1ccccc1)=[N]c1ccccc1.[SH-]. The molecule has 0 bridgehead atoms. The molecule has 17 heavy (non-hydrogen) atoms. The monoisotopic (exact) mass is 301 g/mol. The van der Waals surface area contributed by atoms with Crippen molar-refractivity contribution in [2.45, 2.75) is 0 Å². The Bertz CT molecular complexity index is 489. The van der Waals surface area contributed by atoms with Crippen molar-refractivity contribution in [2.24, 2.45) is 7.58 Å². The summed E-state index contributed by atoms with van der Waals surface area (Å²) in [5.74, 6) is 0. The smallest absolute Gasteiger partial charge is 0.813 e. The van der Waals surface area contributed by atoms with Crippen molar-refractivity contribution in [3.8, 4) is 0 Å². The molecule has 0 aliphatic rings. The van der Waals surface area contributed by atoms with Gasteiger partial charge in [0, 0.05) is 0 Å². The summed E-state index contributed by atoms with van der Waals surface area (Å²) in [6, 6.07) is 19.4. The molecule has 0 heterocycles. The third kappa shape index (κ3) is 4.96. The largest absolute Gasteiger partial charge is 0.813 e. The molecular formula is C12H11ClN2SV-. The average molecular weight is 302 g/mol. The molecule has 0 aliphatic carbocycles. The van der Waals surface area contributed by atoms with Gasteiger partial charge in [0.2, 0.25) is 0 Å². The Morgan fingerprint density at radius 2 is 1.06 bits per heavy atom. The molecular weight excluding hydrogens is 291 g/mol. The van der Waals surface area contributed by atoms with Crippen molar-refractivity contribution in [3.05, 3.63) is 60.7 Å². The van der Waals surface area contributed by atoms with Crippen molar-refractivity contribution in [1.29, 1.82) is 0 Å². The van der Waals surface area contributed by atoms with E-state index in [0.29, 0.717) is 0 Å². The van der Waals surface area contributed by atoms with E-state index in [1.54, 1.807) is 0 Å². The Kier molecular flexibility index (Phi) is 6.37. The Hall–Kier alpha value is -0.736. The first kappa shape index (κ1) is 14.3. The van der Waals surface area contributed by atoms with E-state index in [4.69, 9.17) is 9.85 Å². The molecule has 2 aromatic rings. The number of rotatable bonds is 2. The number of nitrogens with zero attached hydrogens (tertiary/aromatic N) is 2. The third-order valence-corrected chi connectivity index (χ3v) is 3.77. The van der Waals surface area contributed by atoms with Crippen molar-refractivity contribution >= 4 is 34.7 Å². The van der Waals surface area contributed by atoms with Gasteiger partial charge in [-0.3, -0.25) is 0 Å². The Labute approximate surface area is 116 Å². The maximum absolute atomic E-state index is 6.16. The minimum atomic E-state index is -2.00. The Morgan fingerprint density at radius 1 is 0.706 bits per heavy atom. The fraction of sp³-hybridized carbons (Fsp3) is 0. The van der Waals surface area contributed by atoms with Crippen LogP contribution in [0.25, 0.3) is 0 Å². The summed E-state index contributed by atoms with van der Waals surface area (Å²) in [5, 5.41) is 0. The zero-order chi connectivity index (χ0) is 11.2. The number of thiol groups is 1. The molecule has 2 nitrogen and oxygen atoms in total. The predicted octanol–water partition coefficient (Wildman–Crippen LogP) is 4.52. The van der Waals surface area contributed by atoms with E-state index in [1.807, 2.05) is 60.7 Å². The number of hydrogen-bond acceptors (Lipinski definition) is 3. The van der Waals surface area contributed by atoms with Crippen molar-refractivity contribution in [1.82, 2.24) is 0 Å². The van der Waals surface area contributed by atoms with Crippen LogP contribution in [0, 0.1) is 0 Å². The van der Waals surface area contributed by atoms with Crippen molar-refractivity contribution in [3.63, 3.8) is 0 Å². The predicted molar refractivity (Wildman–Crippen MR) is 71.7 cm³/mol. The summed E-state index contributed by atoms with van der Waals surface area (Å²) in [6.07, 6.45) is 0. The van der Waals surface area contributed by atoms with Crippen LogP contribution in [0.5, 0.6) is 0 Å². The van der Waals surface area contributed by atoms with Gasteiger partial charge in [0.1, 0.15) is 0 Å². The van der Waals surface area contributed by atoms with Crippen LogP contribution in [0.2, 0.25) is 0 Å². The van der Waals surface area contributed by atoms with E-state index >= 15 is 0 Å². The third-order valence-electron chi connectivity index (χ3n) is 1.91. The Morgan fingerprint density at radius 3 is 1.41 bits per heavy atom. The summed E-state index contributed by atoms with van der Waals surface area (Å²) in [5.41, 5.74) is 1.80. The van der Waals surface area contributed by atoms with E-state index in [1.165, 1.54) is 0 Å². The number of hydrogen-bond donors (Lipinski definition) is 0. The molecule has 0 saturated heterocycles. The molecule has 0 saturated carbocycles. The first-order chi connectivity index (χ1) is 7.84. The molecule has 0 aromatic heterocycles. The molecule has 0 spiro atoms. The van der Waals surface area contributed by atoms with Gasteiger partial charge in [0.25, 0.3) is 0 Å². The molecule has 88 valence electrons. The van der Waals surface area contributed by atoms with E-state index in [-0.39, 0.29) is 13.5 Å². The van der Waals surface area contributed by atoms with Gasteiger partial charge in [-0.1, -0.05) is 0 Å². The topological polar surface area (TPSA) is 24.7 Å². The average Bonchev–Trinajstić information content (AvgIpc) is 2.31. The van der Waals surface area contributed by atoms with Gasteiger partial charge in [-0.25, -0.2) is 0 Å². The molecule has 2 aromatic carbocycles. The van der Waals surface area contributed by atoms with E-state index in [2.05, 4.69) is 7.58 Å². The van der Waals surface area contributed by atoms with Crippen LogP contribution in [-0.4, -0.2) is 0 Å². The van der Waals surface area contributed by atoms with Gasteiger partial charge in [-0.05, 0) is 0 Å². The standard InChI is InChI=1S/2C6H5N.ClH.H2S.V/c2*7-6-4-2-1-3-5-6;;;/h2*1-5H;1H;1H2;/q;;;;+1/p-2. The van der Waals surface area contributed by atoms with E-state index < -0.39 is 13.8 Å². The van der Waals surface area contributed by atoms with Gasteiger partial charge in [0.15, 0.2) is 0 Å². The van der Waals surface area contributed by atoms with Gasteiger partial charge in [-0.2, -0.15) is 0 Å². The van der Waals surface area contributed by atoms with Gasteiger partial charge in [-0.15, -0.1) is 0 Å². The van der Waals surface area contributed by atoms with Crippen LogP contribution in [0.4, 0.5) is 11.4 Å². The Balaban J connectivity index is 0.00000144. The van der Waals surface area contributed by atoms with Gasteiger partial charge >= 0.3 is 103 Å². The summed E-state index contributed by atoms with van der Waals surface area (Å²) >= 11 is -2.00. The fourth-order valence-electron chi connectivity index (χ4n) is 1.20. The normalized spacial score (nSPS) is 11.0. The second-order valence-corrected chi connectivity index (χ2v) is 5.73. The molecule has 2 rings (SSSR count). The second-order valence-electron chi connectivity index (χ2n) is 3.11. The first-order valence-corrected chi connectivity index (χ1v) is 8.01. The summed E-state index contributed by atoms with van der Waals surface area (Å²) in [6.45, 7) is 0. The summed E-state index contributed by atoms with van der Waals surface area (Å²) in [7, 11) is 6.16. The van der Waals surface area contributed by atoms with Crippen molar-refractivity contribution < 1.29 is 13.8 Å². The number of benzene rings is 2. The maximum atomic E-state index is 6.16. The zero-order valence-electron chi connectivity index (χ0n) is 8.94. The summed E-state index contributed by atoms with van der Waals surface area (Å²) in [4.78, 5) is 0. The van der Waals surface area contributed by atoms with Crippen LogP contribution < -0.4 is 0 Å². The zero-order valence-corrected chi connectivity index (χ0v) is 12.0. The quantitative estimate of drug-likeness (QED) is 0.591. The minimum absolute atomic E-state index is 0. The minimum Gasteiger partial charge on any atom is -0.813 e. The molecule has 0 aliphatic heterocycles. The first-order valence-electron chi connectivity index (χ1n) is 4.84. The molecule has 0 atom stereocenters. The van der Waals surface area contributed by atoms with Gasteiger partial charge in [0.05, 0.1) is 0 Å². The second kappa shape index (κ2) is 7.56. The van der Waals surface area contributed by atoms with Crippen LogP contribution in [-0.2, 0) is 27.3 Å². The van der Waals surface area contributed by atoms with Crippen LogP contribution in [0.15, 0.2) is 68.2 Å². The number of halogens is 1. The fourth-order valence-corrected chi connectivity index (χ4v) is 3.00. The molecule has 0 radical (unpaired) electrons. The van der Waals surface area contributed by atoms with E-state index in [0.717, 1.165) is 11.4 Å². The van der Waals surface area contributed by atoms with Crippen LogP contribution >= 0.6 is 9.85 Å². The molecule has 0 N–H and O–H groups in total. The van der Waals surface area contributed by atoms with Gasteiger partial charge < -0.3 is 13.5 Å². The molecule has 0 unspecified atom stereocenters. The molecule has 5 heteroatoms. The van der Waals surface area contributed by atoms with Crippen molar-refractivity contribution in [2.75, 3.05) is 0 Å². The van der Waals surface area contributed by atoms with E-state index in [9.17, 15) is 0 Å². The summed E-state index contributed by atoms with van der Waals surface area (Å²) < 4.78 is 8.80. The molecule has 0 amide bonds. The van der Waals surface area contributed by atoms with Crippen LogP contribution in [0.3, 0.4) is 0 Å². The maximum Gasteiger partial charge on any atom is -0.813 e. The van der Waals surface area contributed by atoms with Crippen LogP contribution in [0.1, 0.15) is 0 Å². The molecule has 0 fully saturated rings.